The summed E-state index contributed by atoms with van der Waals surface area (Å²) in [5, 5.41) is 3.93. The predicted molar refractivity (Wildman–Crippen MR) is 66.8 cm³/mol. The van der Waals surface area contributed by atoms with Crippen LogP contribution in [0.2, 0.25) is 0 Å². The third kappa shape index (κ3) is 3.56. The van der Waals surface area contributed by atoms with Gasteiger partial charge >= 0.3 is 0 Å². The van der Waals surface area contributed by atoms with Gasteiger partial charge in [0.1, 0.15) is 5.78 Å². The normalized spacial score (nSPS) is 20.8. The van der Waals surface area contributed by atoms with Gasteiger partial charge in [-0.1, -0.05) is 18.5 Å². The number of carbonyl (C=O) groups is 1. The number of carbonyl (C=O) groups excluding carboxylic acids is 1. The number of thioether (sulfide) groups is 1. The van der Waals surface area contributed by atoms with Gasteiger partial charge in [-0.3, -0.25) is 4.79 Å². The van der Waals surface area contributed by atoms with Crippen molar-refractivity contribution in [3.8, 4) is 0 Å². The van der Waals surface area contributed by atoms with Gasteiger partial charge in [0.05, 0.1) is 5.75 Å². The molecule has 0 spiro atoms. The molecule has 1 fully saturated rings. The number of rotatable bonds is 5. The summed E-state index contributed by atoms with van der Waals surface area (Å²) in [7, 11) is 0. The number of aromatic nitrogens is 2. The lowest BCUT2D eigenvalue weighted by atomic mass is 9.86. The lowest BCUT2D eigenvalue weighted by molar-refractivity contribution is -0.124. The second-order valence-electron chi connectivity index (χ2n) is 4.35. The Hall–Kier alpha value is -0.840. The van der Waals surface area contributed by atoms with E-state index in [0.29, 0.717) is 18.1 Å². The molecule has 0 aliphatic heterocycles. The highest BCUT2D eigenvalue weighted by molar-refractivity contribution is 7.98. The molecule has 4 nitrogen and oxygen atoms in total. The van der Waals surface area contributed by atoms with Crippen molar-refractivity contribution < 1.29 is 9.32 Å². The Bertz CT molecular complexity index is 378. The smallest absolute Gasteiger partial charge is 0.227 e. The molecule has 1 heterocycles. The second kappa shape index (κ2) is 6.19. The highest BCUT2D eigenvalue weighted by Crippen LogP contribution is 2.23. The van der Waals surface area contributed by atoms with Crippen LogP contribution in [0.5, 0.6) is 0 Å². The fraction of sp³-hybridized carbons (Fsp3) is 0.750. The maximum atomic E-state index is 11.7. The highest BCUT2D eigenvalue weighted by Gasteiger charge is 2.24. The predicted octanol–water partition coefficient (Wildman–Crippen LogP) is 2.62. The summed E-state index contributed by atoms with van der Waals surface area (Å²) < 4.78 is 5.19. The molecule has 1 atom stereocenters. The Labute approximate surface area is 106 Å². The van der Waals surface area contributed by atoms with E-state index in [2.05, 4.69) is 17.1 Å². The van der Waals surface area contributed by atoms with Crippen molar-refractivity contribution in [2.45, 2.75) is 44.8 Å². The highest BCUT2D eigenvalue weighted by atomic mass is 32.2. The number of hydrogen-bond donors (Lipinski definition) is 0. The van der Waals surface area contributed by atoms with Crippen LogP contribution in [0.15, 0.2) is 4.52 Å². The Morgan fingerprint density at radius 2 is 2.35 bits per heavy atom. The third-order valence-corrected chi connectivity index (χ3v) is 3.92. The molecule has 0 aromatic carbocycles. The monoisotopic (exact) mass is 254 g/mol. The van der Waals surface area contributed by atoms with Crippen LogP contribution in [-0.2, 0) is 17.0 Å². The van der Waals surface area contributed by atoms with Crippen LogP contribution >= 0.6 is 11.8 Å². The van der Waals surface area contributed by atoms with Gasteiger partial charge in [-0.05, 0) is 18.6 Å². The fourth-order valence-electron chi connectivity index (χ4n) is 2.11. The zero-order chi connectivity index (χ0) is 12.1. The largest absolute Gasteiger partial charge is 0.339 e. The van der Waals surface area contributed by atoms with Crippen LogP contribution in [0.1, 0.15) is 44.3 Å². The topological polar surface area (TPSA) is 56.0 Å². The summed E-state index contributed by atoms with van der Waals surface area (Å²) in [6, 6.07) is 0. The van der Waals surface area contributed by atoms with E-state index in [4.69, 9.17) is 4.52 Å². The van der Waals surface area contributed by atoms with Gasteiger partial charge in [-0.15, -0.1) is 0 Å². The first-order valence-corrected chi connectivity index (χ1v) is 7.37. The number of ketones is 1. The molecule has 1 aliphatic rings. The molecule has 1 unspecified atom stereocenters. The maximum Gasteiger partial charge on any atom is 0.227 e. The van der Waals surface area contributed by atoms with E-state index in [0.717, 1.165) is 43.0 Å². The zero-order valence-electron chi connectivity index (χ0n) is 10.1. The average Bonchev–Trinajstić information content (AvgIpc) is 2.77. The van der Waals surface area contributed by atoms with Crippen molar-refractivity contribution in [2.75, 3.05) is 5.75 Å². The van der Waals surface area contributed by atoms with E-state index in [9.17, 15) is 4.79 Å². The van der Waals surface area contributed by atoms with Crippen LogP contribution in [-0.4, -0.2) is 21.7 Å². The molecule has 5 heteroatoms. The molecule has 1 saturated carbocycles. The lowest BCUT2D eigenvalue weighted by Gasteiger charge is -2.18. The first-order chi connectivity index (χ1) is 8.29. The first kappa shape index (κ1) is 12.6. The standard InChI is InChI=1S/C12H18N2O2S/c1-2-17-8-11-13-12(16-14-11)7-9-5-3-4-6-10(9)15/h9H,2-8H2,1H3. The number of Topliss-reactive ketones (excluding diaryl/α,β-unsaturated/α-hetero) is 1. The summed E-state index contributed by atoms with van der Waals surface area (Å²) in [4.78, 5) is 16.0. The van der Waals surface area contributed by atoms with Crippen molar-refractivity contribution in [1.82, 2.24) is 10.1 Å². The van der Waals surface area contributed by atoms with E-state index < -0.39 is 0 Å². The van der Waals surface area contributed by atoms with Crippen molar-refractivity contribution in [3.05, 3.63) is 11.7 Å². The molecular weight excluding hydrogens is 236 g/mol. The van der Waals surface area contributed by atoms with Crippen molar-refractivity contribution in [3.63, 3.8) is 0 Å². The quantitative estimate of drug-likeness (QED) is 0.808. The molecule has 2 rings (SSSR count). The zero-order valence-corrected chi connectivity index (χ0v) is 11.0. The average molecular weight is 254 g/mol. The molecule has 0 bridgehead atoms. The minimum Gasteiger partial charge on any atom is -0.339 e. The third-order valence-electron chi connectivity index (χ3n) is 3.05. The summed E-state index contributed by atoms with van der Waals surface area (Å²) in [6.07, 6.45) is 4.50. The van der Waals surface area contributed by atoms with Gasteiger partial charge in [0.15, 0.2) is 5.82 Å². The van der Waals surface area contributed by atoms with Gasteiger partial charge in [-0.25, -0.2) is 0 Å². The summed E-state index contributed by atoms with van der Waals surface area (Å²) in [5.41, 5.74) is 0. The number of hydrogen-bond acceptors (Lipinski definition) is 5. The van der Waals surface area contributed by atoms with Crippen molar-refractivity contribution in [1.29, 1.82) is 0 Å². The van der Waals surface area contributed by atoms with Crippen LogP contribution < -0.4 is 0 Å². The van der Waals surface area contributed by atoms with Crippen molar-refractivity contribution in [2.24, 2.45) is 5.92 Å². The van der Waals surface area contributed by atoms with E-state index in [1.165, 1.54) is 0 Å². The Morgan fingerprint density at radius 3 is 3.12 bits per heavy atom. The SMILES string of the molecule is CCSCc1noc(CC2CCCCC2=O)n1. The Morgan fingerprint density at radius 1 is 1.47 bits per heavy atom. The fourth-order valence-corrected chi connectivity index (χ4v) is 2.61. The van der Waals surface area contributed by atoms with Crippen LogP contribution in [0, 0.1) is 5.92 Å². The van der Waals surface area contributed by atoms with E-state index in [1.807, 2.05) is 0 Å². The number of nitrogens with zero attached hydrogens (tertiary/aromatic N) is 2. The Balaban J connectivity index is 1.89. The molecule has 1 aliphatic carbocycles. The summed E-state index contributed by atoms with van der Waals surface area (Å²) in [6.45, 7) is 2.10. The van der Waals surface area contributed by atoms with Crippen LogP contribution in [0.25, 0.3) is 0 Å². The molecule has 0 radical (unpaired) electrons. The van der Waals surface area contributed by atoms with E-state index >= 15 is 0 Å². The van der Waals surface area contributed by atoms with Gasteiger partial charge in [0.25, 0.3) is 0 Å². The van der Waals surface area contributed by atoms with E-state index in [1.54, 1.807) is 11.8 Å². The molecule has 0 amide bonds. The van der Waals surface area contributed by atoms with Crippen LogP contribution in [0.4, 0.5) is 0 Å². The van der Waals surface area contributed by atoms with Gasteiger partial charge in [0.2, 0.25) is 5.89 Å². The van der Waals surface area contributed by atoms with E-state index in [-0.39, 0.29) is 5.92 Å². The maximum absolute atomic E-state index is 11.7. The first-order valence-electron chi connectivity index (χ1n) is 6.21. The van der Waals surface area contributed by atoms with Crippen molar-refractivity contribution >= 4 is 17.5 Å². The molecule has 17 heavy (non-hydrogen) atoms. The molecule has 1 aromatic rings. The molecule has 94 valence electrons. The lowest BCUT2D eigenvalue weighted by Crippen LogP contribution is -2.21. The summed E-state index contributed by atoms with van der Waals surface area (Å²) >= 11 is 1.77. The molecular formula is C12H18N2O2S. The Kier molecular flexibility index (Phi) is 4.59. The van der Waals surface area contributed by atoms with Gasteiger partial charge in [-0.2, -0.15) is 16.7 Å². The molecule has 0 N–H and O–H groups in total. The second-order valence-corrected chi connectivity index (χ2v) is 5.63. The van der Waals surface area contributed by atoms with Gasteiger partial charge < -0.3 is 4.52 Å². The minimum atomic E-state index is 0.107. The minimum absolute atomic E-state index is 0.107. The molecule has 1 aromatic heterocycles. The van der Waals surface area contributed by atoms with Gasteiger partial charge in [0, 0.05) is 18.8 Å². The van der Waals surface area contributed by atoms with Crippen LogP contribution in [0.3, 0.4) is 0 Å². The summed E-state index contributed by atoms with van der Waals surface area (Å²) in [5.74, 6) is 3.67. The molecule has 0 saturated heterocycles.